The number of carbonyl (C=O) groups is 1. The number of hydrogen-bond donors (Lipinski definition) is 0. The molecule has 0 radical (unpaired) electrons. The number of thioether (sulfide) groups is 1. The van der Waals surface area contributed by atoms with Gasteiger partial charge in [0.25, 0.3) is 4.57 Å². The third-order valence-electron chi connectivity index (χ3n) is 1.55. The molecule has 0 aliphatic rings. The molecule has 0 atom stereocenters. The van der Waals surface area contributed by atoms with E-state index < -0.39 is 4.57 Å². The molecule has 0 saturated heterocycles. The minimum Gasteiger partial charge on any atom is -0.493 e. The lowest BCUT2D eigenvalue weighted by atomic mass is 10.3. The molecule has 0 N–H and O–H groups in total. The van der Waals surface area contributed by atoms with E-state index in [0.717, 1.165) is 16.7 Å². The topological polar surface area (TPSA) is 35.5 Å². The second-order valence-corrected chi connectivity index (χ2v) is 3.97. The highest BCUT2D eigenvalue weighted by Crippen LogP contribution is 2.32. The lowest BCUT2D eigenvalue weighted by molar-refractivity contribution is 0.276. The van der Waals surface area contributed by atoms with Gasteiger partial charge < -0.3 is 9.47 Å². The minimum absolute atomic E-state index is 0.475. The highest BCUT2D eigenvalue weighted by molar-refractivity contribution is 8.16. The van der Waals surface area contributed by atoms with Crippen molar-refractivity contribution in [3.63, 3.8) is 0 Å². The zero-order chi connectivity index (χ0) is 10.6. The second-order valence-electron chi connectivity index (χ2n) is 2.36. The van der Waals surface area contributed by atoms with Gasteiger partial charge in [0.05, 0.1) is 14.2 Å². The van der Waals surface area contributed by atoms with Crippen molar-refractivity contribution >= 4 is 27.9 Å². The fourth-order valence-electron chi connectivity index (χ4n) is 0.973. The molecule has 0 amide bonds. The van der Waals surface area contributed by atoms with Gasteiger partial charge in [-0.05, 0) is 41.6 Å². The van der Waals surface area contributed by atoms with Gasteiger partial charge in [-0.1, -0.05) is 0 Å². The standard InChI is InChI=1S/C9H9ClO3S/c1-12-7-4-3-6(14-9(10)11)5-8(7)13-2/h3-5H,1-2H3. The average Bonchev–Trinajstić information content (AvgIpc) is 2.16. The van der Waals surface area contributed by atoms with E-state index >= 15 is 0 Å². The molecule has 0 saturated carbocycles. The van der Waals surface area contributed by atoms with Gasteiger partial charge in [-0.3, -0.25) is 4.79 Å². The van der Waals surface area contributed by atoms with Crippen LogP contribution in [-0.2, 0) is 0 Å². The normalized spacial score (nSPS) is 9.64. The number of carbonyl (C=O) groups excluding carboxylic acids is 1. The van der Waals surface area contributed by atoms with Crippen LogP contribution in [0.2, 0.25) is 0 Å². The molecule has 1 rings (SSSR count). The Labute approximate surface area is 91.3 Å². The highest BCUT2D eigenvalue weighted by atomic mass is 35.5. The lowest BCUT2D eigenvalue weighted by Gasteiger charge is -2.07. The number of rotatable bonds is 3. The smallest absolute Gasteiger partial charge is 0.284 e. The molecule has 0 aromatic heterocycles. The summed E-state index contributed by atoms with van der Waals surface area (Å²) in [4.78, 5) is 11.3. The van der Waals surface area contributed by atoms with E-state index in [1.807, 2.05) is 0 Å². The molecule has 76 valence electrons. The fraction of sp³-hybridized carbons (Fsp3) is 0.222. The van der Waals surface area contributed by atoms with Crippen molar-refractivity contribution in [1.82, 2.24) is 0 Å². The molecule has 0 aliphatic carbocycles. The van der Waals surface area contributed by atoms with Gasteiger partial charge in [-0.2, -0.15) is 0 Å². The fourth-order valence-corrected chi connectivity index (χ4v) is 1.73. The molecule has 0 fully saturated rings. The molecule has 0 heterocycles. The first-order valence-electron chi connectivity index (χ1n) is 3.76. The van der Waals surface area contributed by atoms with Crippen LogP contribution < -0.4 is 9.47 Å². The first-order valence-corrected chi connectivity index (χ1v) is 4.96. The Morgan fingerprint density at radius 2 is 1.93 bits per heavy atom. The monoisotopic (exact) mass is 232 g/mol. The third-order valence-corrected chi connectivity index (χ3v) is 2.43. The SMILES string of the molecule is COc1ccc(SC(=O)Cl)cc1OC. The summed E-state index contributed by atoms with van der Waals surface area (Å²) < 4.78 is 9.63. The van der Waals surface area contributed by atoms with E-state index in [4.69, 9.17) is 21.1 Å². The van der Waals surface area contributed by atoms with E-state index in [1.165, 1.54) is 7.11 Å². The van der Waals surface area contributed by atoms with Gasteiger partial charge in [0.2, 0.25) is 0 Å². The van der Waals surface area contributed by atoms with Crippen molar-refractivity contribution in [1.29, 1.82) is 0 Å². The number of methoxy groups -OCH3 is 2. The summed E-state index contributed by atoms with van der Waals surface area (Å²) in [6.07, 6.45) is 0. The van der Waals surface area contributed by atoms with Crippen molar-refractivity contribution in [2.24, 2.45) is 0 Å². The molecular formula is C9H9ClO3S. The summed E-state index contributed by atoms with van der Waals surface area (Å²) in [5.74, 6) is 1.20. The Balaban J connectivity index is 2.95. The summed E-state index contributed by atoms with van der Waals surface area (Å²) in [7, 11) is 3.09. The summed E-state index contributed by atoms with van der Waals surface area (Å²) >= 11 is 6.17. The van der Waals surface area contributed by atoms with E-state index in [9.17, 15) is 4.79 Å². The van der Waals surface area contributed by atoms with E-state index in [2.05, 4.69) is 0 Å². The molecule has 0 spiro atoms. The maximum atomic E-state index is 10.6. The van der Waals surface area contributed by atoms with Crippen LogP contribution in [0.1, 0.15) is 0 Å². The van der Waals surface area contributed by atoms with Crippen molar-refractivity contribution < 1.29 is 14.3 Å². The van der Waals surface area contributed by atoms with Crippen LogP contribution in [0, 0.1) is 0 Å². The van der Waals surface area contributed by atoms with Crippen LogP contribution in [-0.4, -0.2) is 18.8 Å². The van der Waals surface area contributed by atoms with E-state index in [1.54, 1.807) is 25.3 Å². The first-order chi connectivity index (χ1) is 6.67. The van der Waals surface area contributed by atoms with Crippen LogP contribution in [0.25, 0.3) is 0 Å². The van der Waals surface area contributed by atoms with Gasteiger partial charge in [-0.15, -0.1) is 0 Å². The van der Waals surface area contributed by atoms with Crippen molar-refractivity contribution in [3.05, 3.63) is 18.2 Å². The predicted molar refractivity (Wildman–Crippen MR) is 56.7 cm³/mol. The Bertz CT molecular complexity index is 341. The van der Waals surface area contributed by atoms with Gasteiger partial charge in [0.1, 0.15) is 0 Å². The number of benzene rings is 1. The summed E-state index contributed by atoms with van der Waals surface area (Å²) in [6.45, 7) is 0. The second kappa shape index (κ2) is 5.12. The van der Waals surface area contributed by atoms with Crippen LogP contribution >= 0.6 is 23.4 Å². The van der Waals surface area contributed by atoms with Gasteiger partial charge in [0.15, 0.2) is 11.5 Å². The molecule has 5 heteroatoms. The maximum Gasteiger partial charge on any atom is 0.284 e. The average molecular weight is 233 g/mol. The summed E-state index contributed by atoms with van der Waals surface area (Å²) in [6, 6.07) is 5.16. The zero-order valence-corrected chi connectivity index (χ0v) is 9.32. The first kappa shape index (κ1) is 11.2. The Morgan fingerprint density at radius 3 is 2.43 bits per heavy atom. The Hall–Kier alpha value is -0.870. The van der Waals surface area contributed by atoms with E-state index in [-0.39, 0.29) is 0 Å². The molecule has 0 unspecified atom stereocenters. The number of ether oxygens (including phenoxy) is 2. The largest absolute Gasteiger partial charge is 0.493 e. The molecular weight excluding hydrogens is 224 g/mol. The van der Waals surface area contributed by atoms with Gasteiger partial charge in [0, 0.05) is 4.90 Å². The van der Waals surface area contributed by atoms with Crippen LogP contribution in [0.15, 0.2) is 23.1 Å². The van der Waals surface area contributed by atoms with Gasteiger partial charge >= 0.3 is 0 Å². The molecule has 0 aliphatic heterocycles. The maximum absolute atomic E-state index is 10.6. The van der Waals surface area contributed by atoms with Gasteiger partial charge in [-0.25, -0.2) is 0 Å². The Kier molecular flexibility index (Phi) is 4.10. The van der Waals surface area contributed by atoms with Crippen LogP contribution in [0.3, 0.4) is 0 Å². The molecule has 14 heavy (non-hydrogen) atoms. The molecule has 1 aromatic rings. The highest BCUT2D eigenvalue weighted by Gasteiger charge is 2.06. The minimum atomic E-state index is -0.475. The van der Waals surface area contributed by atoms with E-state index in [0.29, 0.717) is 11.5 Å². The predicted octanol–water partition coefficient (Wildman–Crippen LogP) is 3.15. The lowest BCUT2D eigenvalue weighted by Crippen LogP contribution is -1.90. The molecule has 0 bridgehead atoms. The molecule has 3 nitrogen and oxygen atoms in total. The summed E-state index contributed by atoms with van der Waals surface area (Å²) in [5, 5.41) is 0. The molecule has 1 aromatic carbocycles. The van der Waals surface area contributed by atoms with Crippen molar-refractivity contribution in [2.75, 3.05) is 14.2 Å². The van der Waals surface area contributed by atoms with Crippen LogP contribution in [0.5, 0.6) is 11.5 Å². The quantitative estimate of drug-likeness (QED) is 0.593. The zero-order valence-electron chi connectivity index (χ0n) is 7.74. The Morgan fingerprint density at radius 1 is 1.29 bits per heavy atom. The van der Waals surface area contributed by atoms with Crippen molar-refractivity contribution in [3.8, 4) is 11.5 Å². The summed E-state index contributed by atoms with van der Waals surface area (Å²) in [5.41, 5.74) is 0. The van der Waals surface area contributed by atoms with Crippen LogP contribution in [0.4, 0.5) is 4.79 Å². The van der Waals surface area contributed by atoms with Crippen molar-refractivity contribution in [2.45, 2.75) is 4.90 Å². The third kappa shape index (κ3) is 2.82. The number of halogens is 1. The number of hydrogen-bond acceptors (Lipinski definition) is 4.